The Labute approximate surface area is 157 Å². The Hall–Kier alpha value is -3.07. The standard InChI is InChI=1S/C18H15F2N3O3S/c1-23(14-2-3-16-11(7-14)9-21-27-16)17(24)15(22-18(25)26)6-10-4-12(19)8-13(20)5-10/h2-5,7-9,15,22H,6H2,1H3,(H,25,26). The molecule has 1 unspecified atom stereocenters. The van der Waals surface area contributed by atoms with Gasteiger partial charge in [0.05, 0.1) is 4.70 Å². The maximum absolute atomic E-state index is 13.4. The van der Waals surface area contributed by atoms with Gasteiger partial charge in [0.1, 0.15) is 17.7 Å². The lowest BCUT2D eigenvalue weighted by molar-refractivity contribution is -0.120. The average Bonchev–Trinajstić information content (AvgIpc) is 3.06. The zero-order valence-electron chi connectivity index (χ0n) is 14.1. The lowest BCUT2D eigenvalue weighted by atomic mass is 10.0. The smallest absolute Gasteiger partial charge is 0.405 e. The van der Waals surface area contributed by atoms with Crippen molar-refractivity contribution in [1.29, 1.82) is 0 Å². The maximum Gasteiger partial charge on any atom is 0.405 e. The summed E-state index contributed by atoms with van der Waals surface area (Å²) in [5.74, 6) is -2.14. The van der Waals surface area contributed by atoms with Gasteiger partial charge in [-0.2, -0.15) is 4.37 Å². The van der Waals surface area contributed by atoms with Crippen LogP contribution in [0.1, 0.15) is 5.56 Å². The number of hydrogen-bond acceptors (Lipinski definition) is 4. The van der Waals surface area contributed by atoms with E-state index in [1.807, 2.05) is 6.07 Å². The zero-order valence-corrected chi connectivity index (χ0v) is 15.0. The molecule has 0 spiro atoms. The van der Waals surface area contributed by atoms with Crippen LogP contribution in [-0.4, -0.2) is 34.6 Å². The van der Waals surface area contributed by atoms with Crippen molar-refractivity contribution in [1.82, 2.24) is 9.69 Å². The van der Waals surface area contributed by atoms with Gasteiger partial charge in [0, 0.05) is 36.8 Å². The summed E-state index contributed by atoms with van der Waals surface area (Å²) < 4.78 is 31.8. The molecule has 0 saturated heterocycles. The number of rotatable bonds is 5. The molecular weight excluding hydrogens is 376 g/mol. The van der Waals surface area contributed by atoms with Crippen molar-refractivity contribution < 1.29 is 23.5 Å². The van der Waals surface area contributed by atoms with E-state index in [4.69, 9.17) is 5.11 Å². The van der Waals surface area contributed by atoms with Crippen molar-refractivity contribution in [2.45, 2.75) is 12.5 Å². The SMILES string of the molecule is CN(C(=O)C(Cc1cc(F)cc(F)c1)NC(=O)O)c1ccc2sncc2c1. The van der Waals surface area contributed by atoms with Crippen LogP contribution in [0.15, 0.2) is 42.6 Å². The van der Waals surface area contributed by atoms with Crippen molar-refractivity contribution >= 4 is 39.3 Å². The van der Waals surface area contributed by atoms with E-state index < -0.39 is 29.7 Å². The third-order valence-corrected chi connectivity index (χ3v) is 4.79. The van der Waals surface area contributed by atoms with E-state index in [-0.39, 0.29) is 12.0 Å². The molecule has 0 saturated carbocycles. The van der Waals surface area contributed by atoms with Crippen LogP contribution >= 0.6 is 11.5 Å². The number of carbonyl (C=O) groups excluding carboxylic acids is 1. The Morgan fingerprint density at radius 2 is 1.93 bits per heavy atom. The van der Waals surface area contributed by atoms with Crippen LogP contribution in [-0.2, 0) is 11.2 Å². The van der Waals surface area contributed by atoms with Gasteiger partial charge in [-0.1, -0.05) is 0 Å². The van der Waals surface area contributed by atoms with Crippen molar-refractivity contribution in [2.75, 3.05) is 11.9 Å². The number of amides is 2. The van der Waals surface area contributed by atoms with Crippen molar-refractivity contribution in [3.8, 4) is 0 Å². The van der Waals surface area contributed by atoms with E-state index in [1.54, 1.807) is 18.3 Å². The van der Waals surface area contributed by atoms with Gasteiger partial charge in [0.2, 0.25) is 5.91 Å². The predicted molar refractivity (Wildman–Crippen MR) is 98.0 cm³/mol. The van der Waals surface area contributed by atoms with Gasteiger partial charge < -0.3 is 15.3 Å². The second-order valence-corrected chi connectivity index (χ2v) is 6.76. The number of fused-ring (bicyclic) bond motifs is 1. The van der Waals surface area contributed by atoms with E-state index in [9.17, 15) is 18.4 Å². The average molecular weight is 391 g/mol. The first-order valence-electron chi connectivity index (χ1n) is 7.90. The summed E-state index contributed by atoms with van der Waals surface area (Å²) in [4.78, 5) is 25.2. The normalized spacial score (nSPS) is 12.0. The molecular formula is C18H15F2N3O3S. The predicted octanol–water partition coefficient (Wildman–Crippen LogP) is 3.42. The number of hydrogen-bond donors (Lipinski definition) is 2. The molecule has 0 bridgehead atoms. The monoisotopic (exact) mass is 391 g/mol. The molecule has 0 aliphatic rings. The molecule has 3 aromatic rings. The maximum atomic E-state index is 13.4. The molecule has 9 heteroatoms. The number of carboxylic acid groups (broad SMARTS) is 1. The largest absolute Gasteiger partial charge is 0.465 e. The molecule has 6 nitrogen and oxygen atoms in total. The number of benzene rings is 2. The zero-order chi connectivity index (χ0) is 19.6. The lowest BCUT2D eigenvalue weighted by Crippen LogP contribution is -2.48. The van der Waals surface area contributed by atoms with Crippen molar-refractivity contribution in [3.05, 3.63) is 59.8 Å². The third kappa shape index (κ3) is 4.37. The van der Waals surface area contributed by atoms with Gasteiger partial charge in [-0.3, -0.25) is 4.79 Å². The molecule has 1 heterocycles. The van der Waals surface area contributed by atoms with Crippen LogP contribution in [0, 0.1) is 11.6 Å². The number of likely N-dealkylation sites (N-methyl/N-ethyl adjacent to an activating group) is 1. The van der Waals surface area contributed by atoms with Gasteiger partial charge in [-0.15, -0.1) is 0 Å². The number of nitrogens with zero attached hydrogens (tertiary/aromatic N) is 2. The number of nitrogens with one attached hydrogen (secondary N) is 1. The summed E-state index contributed by atoms with van der Waals surface area (Å²) in [5, 5.41) is 12.0. The van der Waals surface area contributed by atoms with E-state index in [2.05, 4.69) is 9.69 Å². The fourth-order valence-electron chi connectivity index (χ4n) is 2.74. The highest BCUT2D eigenvalue weighted by atomic mass is 32.1. The van der Waals surface area contributed by atoms with Crippen LogP contribution < -0.4 is 10.2 Å². The Morgan fingerprint density at radius 1 is 1.22 bits per heavy atom. The molecule has 0 fully saturated rings. The van der Waals surface area contributed by atoms with Crippen LogP contribution in [0.3, 0.4) is 0 Å². The van der Waals surface area contributed by atoms with Gasteiger partial charge in [0.25, 0.3) is 0 Å². The summed E-state index contributed by atoms with van der Waals surface area (Å²) in [5.41, 5.74) is 0.723. The Balaban J connectivity index is 1.86. The van der Waals surface area contributed by atoms with Crippen LogP contribution in [0.5, 0.6) is 0 Å². The van der Waals surface area contributed by atoms with Crippen molar-refractivity contribution in [3.63, 3.8) is 0 Å². The highest BCUT2D eigenvalue weighted by Crippen LogP contribution is 2.24. The van der Waals surface area contributed by atoms with E-state index in [1.165, 1.54) is 23.5 Å². The Kier molecular flexibility index (Phi) is 5.31. The summed E-state index contributed by atoms with van der Waals surface area (Å²) in [6, 6.07) is 6.93. The fraction of sp³-hybridized carbons (Fsp3) is 0.167. The van der Waals surface area contributed by atoms with Gasteiger partial charge >= 0.3 is 6.09 Å². The molecule has 2 amide bonds. The molecule has 0 aliphatic heterocycles. The number of anilines is 1. The number of halogens is 2. The first-order chi connectivity index (χ1) is 12.8. The van der Waals surface area contributed by atoms with Crippen LogP contribution in [0.25, 0.3) is 10.1 Å². The molecule has 3 rings (SSSR count). The fourth-order valence-corrected chi connectivity index (χ4v) is 3.37. The molecule has 0 radical (unpaired) electrons. The summed E-state index contributed by atoms with van der Waals surface area (Å²) in [7, 11) is 1.51. The topological polar surface area (TPSA) is 82.5 Å². The minimum absolute atomic E-state index is 0.172. The van der Waals surface area contributed by atoms with E-state index in [0.29, 0.717) is 11.8 Å². The molecule has 0 aliphatic carbocycles. The number of carbonyl (C=O) groups is 2. The van der Waals surface area contributed by atoms with Crippen LogP contribution in [0.4, 0.5) is 19.3 Å². The molecule has 1 atom stereocenters. The summed E-state index contributed by atoms with van der Waals surface area (Å²) in [6.07, 6.45) is 0.0765. The molecule has 27 heavy (non-hydrogen) atoms. The van der Waals surface area contributed by atoms with E-state index in [0.717, 1.165) is 22.2 Å². The lowest BCUT2D eigenvalue weighted by Gasteiger charge is -2.24. The van der Waals surface area contributed by atoms with Gasteiger partial charge in [-0.05, 0) is 47.4 Å². The molecule has 1 aromatic heterocycles. The summed E-state index contributed by atoms with van der Waals surface area (Å²) in [6.45, 7) is 0. The third-order valence-electron chi connectivity index (χ3n) is 4.01. The van der Waals surface area contributed by atoms with Gasteiger partial charge in [-0.25, -0.2) is 13.6 Å². The highest BCUT2D eigenvalue weighted by Gasteiger charge is 2.25. The Morgan fingerprint density at radius 3 is 2.59 bits per heavy atom. The second-order valence-electron chi connectivity index (χ2n) is 5.93. The molecule has 2 N–H and O–H groups in total. The minimum atomic E-state index is -1.41. The minimum Gasteiger partial charge on any atom is -0.465 e. The first-order valence-corrected chi connectivity index (χ1v) is 8.67. The quantitative estimate of drug-likeness (QED) is 0.698. The highest BCUT2D eigenvalue weighted by molar-refractivity contribution is 7.13. The van der Waals surface area contributed by atoms with Crippen molar-refractivity contribution in [2.24, 2.45) is 0 Å². The second kappa shape index (κ2) is 7.67. The first kappa shape index (κ1) is 18.7. The Bertz CT molecular complexity index is 988. The van der Waals surface area contributed by atoms with Crippen LogP contribution in [0.2, 0.25) is 0 Å². The molecule has 2 aromatic carbocycles. The molecule has 140 valence electrons. The number of aromatic nitrogens is 1. The summed E-state index contributed by atoms with van der Waals surface area (Å²) >= 11 is 1.32. The van der Waals surface area contributed by atoms with E-state index >= 15 is 0 Å². The van der Waals surface area contributed by atoms with Gasteiger partial charge in [0.15, 0.2) is 0 Å².